The number of aliphatic hydroxyl groups excluding tert-OH is 1. The Labute approximate surface area is 121 Å². The summed E-state index contributed by atoms with van der Waals surface area (Å²) in [6.45, 7) is 2.56. The van der Waals surface area contributed by atoms with Gasteiger partial charge in [-0.1, -0.05) is 6.92 Å². The molecule has 0 aliphatic heterocycles. The molecule has 1 N–H and O–H groups in total. The summed E-state index contributed by atoms with van der Waals surface area (Å²) < 4.78 is 4.99. The average molecular weight is 317 g/mol. The Bertz CT molecular complexity index is 181. The summed E-state index contributed by atoms with van der Waals surface area (Å²) in [6, 6.07) is 0. The second-order valence-electron chi connectivity index (χ2n) is 2.85. The van der Waals surface area contributed by atoms with Crippen molar-refractivity contribution < 1.29 is 14.6 Å². The quantitative estimate of drug-likeness (QED) is 0.337. The third-order valence-electron chi connectivity index (χ3n) is 1.57. The lowest BCUT2D eigenvalue weighted by atomic mass is 10.5. The summed E-state index contributed by atoms with van der Waals surface area (Å²) in [5.41, 5.74) is 0. The van der Waals surface area contributed by atoms with Crippen LogP contribution >= 0.6 is 47.0 Å². The first-order chi connectivity index (χ1) is 8.31. The predicted molar refractivity (Wildman–Crippen MR) is 83.0 cm³/mol. The molecule has 3 nitrogen and oxygen atoms in total. The lowest BCUT2D eigenvalue weighted by Crippen LogP contribution is -2.08. The number of hydrogen-bond acceptors (Lipinski definition) is 7. The van der Waals surface area contributed by atoms with Crippen molar-refractivity contribution in [3.05, 3.63) is 0 Å². The van der Waals surface area contributed by atoms with E-state index in [1.165, 1.54) is 11.8 Å². The molecule has 17 heavy (non-hydrogen) atoms. The maximum absolute atomic E-state index is 11.2. The van der Waals surface area contributed by atoms with Crippen molar-refractivity contribution in [2.45, 2.75) is 13.3 Å². The first-order valence-corrected chi connectivity index (χ1v) is 10.0. The van der Waals surface area contributed by atoms with Crippen molar-refractivity contribution in [1.29, 1.82) is 0 Å². The third kappa shape index (κ3) is 14.8. The third-order valence-corrected chi connectivity index (χ3v) is 5.78. The van der Waals surface area contributed by atoms with Crippen LogP contribution in [0.4, 0.5) is 0 Å². The molecule has 0 amide bonds. The molecule has 0 radical (unpaired) electrons. The van der Waals surface area contributed by atoms with Gasteiger partial charge < -0.3 is 9.84 Å². The molecule has 0 spiro atoms. The topological polar surface area (TPSA) is 46.5 Å². The number of carbonyl (C=O) groups is 1. The highest BCUT2D eigenvalue weighted by molar-refractivity contribution is 8.22. The maximum atomic E-state index is 11.2. The summed E-state index contributed by atoms with van der Waals surface area (Å²) >= 11 is 6.96. The van der Waals surface area contributed by atoms with Crippen molar-refractivity contribution in [1.82, 2.24) is 0 Å². The number of aliphatic hydroxyl groups is 1. The van der Waals surface area contributed by atoms with Crippen LogP contribution in [0.3, 0.4) is 0 Å². The Morgan fingerprint density at radius 2 is 1.88 bits per heavy atom. The molecule has 0 saturated carbocycles. The lowest BCUT2D eigenvalue weighted by Gasteiger charge is -2.04. The van der Waals surface area contributed by atoms with Crippen LogP contribution < -0.4 is 0 Å². The van der Waals surface area contributed by atoms with E-state index in [-0.39, 0.29) is 11.9 Å². The predicted octanol–water partition coefficient (Wildman–Crippen LogP) is 2.74. The normalized spacial score (nSPS) is 10.5. The molecule has 0 unspecified atom stereocenters. The molecule has 0 aromatic carbocycles. The van der Waals surface area contributed by atoms with Crippen molar-refractivity contribution >= 4 is 53.0 Å². The summed E-state index contributed by atoms with van der Waals surface area (Å²) in [6.07, 6.45) is 0.482. The second-order valence-corrected chi connectivity index (χ2v) is 8.02. The maximum Gasteiger partial charge on any atom is 0.306 e. The molecule has 0 saturated heterocycles. The minimum absolute atomic E-state index is 0.0837. The smallest absolute Gasteiger partial charge is 0.306 e. The molecular formula is C10H20O3S4. The van der Waals surface area contributed by atoms with Gasteiger partial charge in [-0.15, -0.1) is 23.5 Å². The van der Waals surface area contributed by atoms with Gasteiger partial charge in [-0.3, -0.25) is 4.79 Å². The fourth-order valence-electron chi connectivity index (χ4n) is 0.801. The van der Waals surface area contributed by atoms with Gasteiger partial charge in [0.05, 0.1) is 12.4 Å². The minimum atomic E-state index is -0.135. The fraction of sp³-hybridized carbons (Fsp3) is 0.900. The highest BCUT2D eigenvalue weighted by Gasteiger charge is 2.02. The first-order valence-electron chi connectivity index (χ1n) is 5.38. The van der Waals surface area contributed by atoms with E-state index in [1.54, 1.807) is 11.8 Å². The standard InChI is InChI=1S/C10H20O3S4/c1-2-14-8-17-9-16-5-3-10(12)13-4-6-15-7-11/h11H,2-9H2,1H3. The van der Waals surface area contributed by atoms with Gasteiger partial charge in [-0.05, 0) is 5.75 Å². The lowest BCUT2D eigenvalue weighted by molar-refractivity contribution is -0.142. The summed E-state index contributed by atoms with van der Waals surface area (Å²) in [4.78, 5) is 11.2. The molecule has 0 fully saturated rings. The van der Waals surface area contributed by atoms with E-state index >= 15 is 0 Å². The molecule has 0 aromatic rings. The van der Waals surface area contributed by atoms with Crippen molar-refractivity contribution in [2.75, 3.05) is 40.0 Å². The van der Waals surface area contributed by atoms with Crippen molar-refractivity contribution in [2.24, 2.45) is 0 Å². The van der Waals surface area contributed by atoms with E-state index in [1.807, 2.05) is 23.5 Å². The Balaban J connectivity index is 3.11. The fourth-order valence-corrected chi connectivity index (χ4v) is 4.41. The number of hydrogen-bond donors (Lipinski definition) is 1. The SMILES string of the molecule is CCSCSCSCCC(=O)OCCSCO. The van der Waals surface area contributed by atoms with Crippen LogP contribution in [0.5, 0.6) is 0 Å². The van der Waals surface area contributed by atoms with Crippen LogP contribution in [0.25, 0.3) is 0 Å². The van der Waals surface area contributed by atoms with Gasteiger partial charge in [0.2, 0.25) is 0 Å². The average Bonchev–Trinajstić information content (AvgIpc) is 2.33. The van der Waals surface area contributed by atoms with Crippen LogP contribution in [-0.2, 0) is 9.53 Å². The van der Waals surface area contributed by atoms with Gasteiger partial charge in [0.15, 0.2) is 0 Å². The van der Waals surface area contributed by atoms with Gasteiger partial charge >= 0.3 is 5.97 Å². The van der Waals surface area contributed by atoms with E-state index in [4.69, 9.17) is 9.84 Å². The van der Waals surface area contributed by atoms with Crippen LogP contribution in [0, 0.1) is 0 Å². The number of carbonyl (C=O) groups excluding carboxylic acids is 1. The Kier molecular flexibility index (Phi) is 15.6. The first kappa shape index (κ1) is 17.8. The Morgan fingerprint density at radius 1 is 1.12 bits per heavy atom. The highest BCUT2D eigenvalue weighted by Crippen LogP contribution is 2.17. The van der Waals surface area contributed by atoms with E-state index in [2.05, 4.69) is 6.92 Å². The molecule has 0 aromatic heterocycles. The van der Waals surface area contributed by atoms with Crippen molar-refractivity contribution in [3.63, 3.8) is 0 Å². The van der Waals surface area contributed by atoms with Crippen LogP contribution in [0.15, 0.2) is 0 Å². The highest BCUT2D eigenvalue weighted by atomic mass is 32.2. The zero-order valence-corrected chi connectivity index (χ0v) is 13.3. The Hall–Kier alpha value is 0.830. The monoisotopic (exact) mass is 316 g/mol. The molecule has 102 valence electrons. The molecule has 0 atom stereocenters. The summed E-state index contributed by atoms with van der Waals surface area (Å²) in [7, 11) is 0. The summed E-state index contributed by atoms with van der Waals surface area (Å²) in [5, 5.41) is 10.7. The van der Waals surface area contributed by atoms with E-state index < -0.39 is 0 Å². The molecule has 0 aliphatic carbocycles. The zero-order valence-electron chi connectivity index (χ0n) is 10.1. The van der Waals surface area contributed by atoms with E-state index in [9.17, 15) is 4.79 Å². The summed E-state index contributed by atoms with van der Waals surface area (Å²) in [5.74, 6) is 2.61. The minimum Gasteiger partial charge on any atom is -0.465 e. The number of ether oxygens (including phenoxy) is 1. The van der Waals surface area contributed by atoms with Crippen LogP contribution in [0.2, 0.25) is 0 Å². The van der Waals surface area contributed by atoms with Gasteiger partial charge in [-0.2, -0.15) is 23.5 Å². The van der Waals surface area contributed by atoms with Gasteiger partial charge in [0.25, 0.3) is 0 Å². The number of rotatable bonds is 12. The molecule has 0 heterocycles. The van der Waals surface area contributed by atoms with Gasteiger partial charge in [0.1, 0.15) is 6.61 Å². The van der Waals surface area contributed by atoms with Crippen LogP contribution in [-0.4, -0.2) is 51.0 Å². The Morgan fingerprint density at radius 3 is 2.59 bits per heavy atom. The van der Waals surface area contributed by atoms with Gasteiger partial charge in [0, 0.05) is 21.7 Å². The second kappa shape index (κ2) is 14.9. The number of thioether (sulfide) groups is 4. The van der Waals surface area contributed by atoms with E-state index in [0.29, 0.717) is 18.8 Å². The zero-order chi connectivity index (χ0) is 12.8. The van der Waals surface area contributed by atoms with Crippen molar-refractivity contribution in [3.8, 4) is 0 Å². The number of esters is 1. The molecule has 0 rings (SSSR count). The van der Waals surface area contributed by atoms with Gasteiger partial charge in [-0.25, -0.2) is 0 Å². The van der Waals surface area contributed by atoms with E-state index in [0.717, 1.165) is 21.7 Å². The molecule has 0 aliphatic rings. The largest absolute Gasteiger partial charge is 0.465 e. The molecule has 7 heteroatoms. The van der Waals surface area contributed by atoms with Crippen LogP contribution in [0.1, 0.15) is 13.3 Å². The molecule has 0 bridgehead atoms. The molecular weight excluding hydrogens is 296 g/mol.